The minimum absolute atomic E-state index is 0.235. The lowest BCUT2D eigenvalue weighted by Crippen LogP contribution is -2.41. The monoisotopic (exact) mass is 406 g/mol. The summed E-state index contributed by atoms with van der Waals surface area (Å²) in [4.78, 5) is 39.9. The highest BCUT2D eigenvalue weighted by molar-refractivity contribution is 6.11. The second-order valence-corrected chi connectivity index (χ2v) is 8.76. The number of nitrogens with one attached hydrogen (secondary N) is 1. The van der Waals surface area contributed by atoms with Crippen LogP contribution in [0.1, 0.15) is 70.4 Å². The maximum atomic E-state index is 13.2. The molecular formula is C25H30N2O3. The Morgan fingerprint density at radius 3 is 2.17 bits per heavy atom. The molecule has 1 N–H and O–H groups in total. The summed E-state index contributed by atoms with van der Waals surface area (Å²) in [5.41, 5.74) is 5.37. The van der Waals surface area contributed by atoms with Gasteiger partial charge in [-0.3, -0.25) is 14.5 Å². The number of rotatable bonds is 5. The molecule has 158 valence electrons. The maximum Gasteiger partial charge on any atom is 0.325 e. The lowest BCUT2D eigenvalue weighted by molar-refractivity contribution is -0.130. The van der Waals surface area contributed by atoms with Crippen LogP contribution in [-0.4, -0.2) is 29.2 Å². The standard InChI is InChI=1S/C25H30N2O3/c1-14(2)19-8-10-20(11-9-19)25(7)23(29)27(24(30)26-25)13-22(28)21-12-15(3)16(4)17(5)18(21)6/h8-12,14H,13H2,1-7H3,(H,26,30). The average Bonchev–Trinajstić information content (AvgIpc) is 2.93. The van der Waals surface area contributed by atoms with Crippen molar-refractivity contribution in [2.45, 2.75) is 59.9 Å². The van der Waals surface area contributed by atoms with Crippen LogP contribution in [-0.2, 0) is 10.3 Å². The highest BCUT2D eigenvalue weighted by Gasteiger charge is 2.49. The molecular weight excluding hydrogens is 376 g/mol. The van der Waals surface area contributed by atoms with Gasteiger partial charge in [0.05, 0.1) is 6.54 Å². The van der Waals surface area contributed by atoms with E-state index in [1.54, 1.807) is 6.92 Å². The van der Waals surface area contributed by atoms with Crippen molar-refractivity contribution in [1.82, 2.24) is 10.2 Å². The van der Waals surface area contributed by atoms with Crippen LogP contribution in [0.25, 0.3) is 0 Å². The molecule has 30 heavy (non-hydrogen) atoms. The number of aryl methyl sites for hydroxylation is 1. The van der Waals surface area contributed by atoms with Crippen LogP contribution in [0.4, 0.5) is 4.79 Å². The van der Waals surface area contributed by atoms with E-state index < -0.39 is 17.5 Å². The normalized spacial score (nSPS) is 18.9. The van der Waals surface area contributed by atoms with Gasteiger partial charge in [0.2, 0.25) is 0 Å². The molecule has 1 aliphatic heterocycles. The summed E-state index contributed by atoms with van der Waals surface area (Å²) in [5, 5.41) is 2.78. The number of carbonyl (C=O) groups excluding carboxylic acids is 3. The summed E-state index contributed by atoms with van der Waals surface area (Å²) >= 11 is 0. The van der Waals surface area contributed by atoms with Gasteiger partial charge in [0, 0.05) is 5.56 Å². The van der Waals surface area contributed by atoms with Crippen molar-refractivity contribution in [3.8, 4) is 0 Å². The molecule has 1 atom stereocenters. The van der Waals surface area contributed by atoms with Gasteiger partial charge < -0.3 is 5.32 Å². The lowest BCUT2D eigenvalue weighted by atomic mass is 9.89. The van der Waals surface area contributed by atoms with Crippen molar-refractivity contribution in [1.29, 1.82) is 0 Å². The Kier molecular flexibility index (Phi) is 5.59. The van der Waals surface area contributed by atoms with Crippen molar-refractivity contribution < 1.29 is 14.4 Å². The van der Waals surface area contributed by atoms with Crippen LogP contribution >= 0.6 is 0 Å². The predicted octanol–water partition coefficient (Wildman–Crippen LogP) is 4.69. The van der Waals surface area contributed by atoms with E-state index in [0.29, 0.717) is 17.0 Å². The molecule has 5 heteroatoms. The first-order valence-electron chi connectivity index (χ1n) is 10.3. The van der Waals surface area contributed by atoms with Gasteiger partial charge in [-0.15, -0.1) is 0 Å². The van der Waals surface area contributed by atoms with Gasteiger partial charge in [-0.05, 0) is 80.0 Å². The van der Waals surface area contributed by atoms with Crippen LogP contribution in [0.15, 0.2) is 30.3 Å². The van der Waals surface area contributed by atoms with E-state index in [1.165, 1.54) is 0 Å². The molecule has 1 heterocycles. The van der Waals surface area contributed by atoms with Crippen LogP contribution < -0.4 is 5.32 Å². The van der Waals surface area contributed by atoms with Crippen LogP contribution in [0.3, 0.4) is 0 Å². The number of amides is 3. The van der Waals surface area contributed by atoms with Crippen molar-refractivity contribution in [3.63, 3.8) is 0 Å². The Balaban J connectivity index is 1.87. The highest BCUT2D eigenvalue weighted by atomic mass is 16.2. The van der Waals surface area contributed by atoms with Gasteiger partial charge in [0.1, 0.15) is 5.54 Å². The van der Waals surface area contributed by atoms with Gasteiger partial charge in [0.25, 0.3) is 5.91 Å². The number of Topliss-reactive ketones (excluding diaryl/α,β-unsaturated/α-hetero) is 1. The molecule has 2 aromatic rings. The summed E-state index contributed by atoms with van der Waals surface area (Å²) in [7, 11) is 0. The summed E-state index contributed by atoms with van der Waals surface area (Å²) in [5.74, 6) is -0.266. The third-order valence-electron chi connectivity index (χ3n) is 6.51. The Bertz CT molecular complexity index is 1040. The third kappa shape index (κ3) is 3.53. The molecule has 0 spiro atoms. The molecule has 2 aromatic carbocycles. The van der Waals surface area contributed by atoms with E-state index in [9.17, 15) is 14.4 Å². The van der Waals surface area contributed by atoms with Crippen LogP contribution in [0.5, 0.6) is 0 Å². The fourth-order valence-corrected chi connectivity index (χ4v) is 3.97. The molecule has 0 saturated carbocycles. The minimum atomic E-state index is -1.18. The first kappa shape index (κ1) is 21.8. The highest BCUT2D eigenvalue weighted by Crippen LogP contribution is 2.30. The minimum Gasteiger partial charge on any atom is -0.319 e. The first-order chi connectivity index (χ1) is 14.0. The van der Waals surface area contributed by atoms with Crippen molar-refractivity contribution in [3.05, 3.63) is 69.3 Å². The molecule has 3 rings (SSSR count). The van der Waals surface area contributed by atoms with Crippen molar-refractivity contribution in [2.75, 3.05) is 6.54 Å². The van der Waals surface area contributed by atoms with Crippen molar-refractivity contribution >= 4 is 17.7 Å². The molecule has 1 fully saturated rings. The maximum absolute atomic E-state index is 13.2. The topological polar surface area (TPSA) is 66.5 Å². The lowest BCUT2D eigenvalue weighted by Gasteiger charge is -2.23. The molecule has 3 amide bonds. The molecule has 1 unspecified atom stereocenters. The first-order valence-corrected chi connectivity index (χ1v) is 10.3. The van der Waals surface area contributed by atoms with Gasteiger partial charge in [0.15, 0.2) is 5.78 Å². The summed E-state index contributed by atoms with van der Waals surface area (Å²) < 4.78 is 0. The predicted molar refractivity (Wildman–Crippen MR) is 118 cm³/mol. The van der Waals surface area contributed by atoms with E-state index in [1.807, 2.05) is 58.0 Å². The molecule has 1 aliphatic rings. The largest absolute Gasteiger partial charge is 0.325 e. The van der Waals surface area contributed by atoms with E-state index in [2.05, 4.69) is 19.2 Å². The van der Waals surface area contributed by atoms with E-state index in [4.69, 9.17) is 0 Å². The second kappa shape index (κ2) is 7.71. The van der Waals surface area contributed by atoms with Crippen LogP contribution in [0.2, 0.25) is 0 Å². The molecule has 0 radical (unpaired) electrons. The molecule has 0 aliphatic carbocycles. The summed E-state index contributed by atoms with van der Waals surface area (Å²) in [6.45, 7) is 13.5. The Hall–Kier alpha value is -2.95. The van der Waals surface area contributed by atoms with Gasteiger partial charge >= 0.3 is 6.03 Å². The number of benzene rings is 2. The third-order valence-corrected chi connectivity index (χ3v) is 6.51. The zero-order valence-corrected chi connectivity index (χ0v) is 18.8. The number of ketones is 1. The number of carbonyl (C=O) groups is 3. The number of imide groups is 1. The molecule has 0 bridgehead atoms. The van der Waals surface area contributed by atoms with Gasteiger partial charge in [-0.1, -0.05) is 38.1 Å². The molecule has 5 nitrogen and oxygen atoms in total. The smallest absolute Gasteiger partial charge is 0.319 e. The molecule has 0 aromatic heterocycles. The van der Waals surface area contributed by atoms with Gasteiger partial charge in [-0.2, -0.15) is 0 Å². The Labute approximate surface area is 178 Å². The second-order valence-electron chi connectivity index (χ2n) is 8.76. The Morgan fingerprint density at radius 1 is 1.00 bits per heavy atom. The fraction of sp³-hybridized carbons (Fsp3) is 0.400. The number of urea groups is 1. The SMILES string of the molecule is Cc1cc(C(=O)CN2C(=O)NC(C)(c3ccc(C(C)C)cc3)C2=O)c(C)c(C)c1C. The zero-order chi connectivity index (χ0) is 22.4. The molecule has 1 saturated heterocycles. The number of hydrogen-bond donors (Lipinski definition) is 1. The quantitative estimate of drug-likeness (QED) is 0.578. The van der Waals surface area contributed by atoms with Crippen molar-refractivity contribution in [2.24, 2.45) is 0 Å². The zero-order valence-electron chi connectivity index (χ0n) is 18.8. The van der Waals surface area contributed by atoms with Gasteiger partial charge in [-0.25, -0.2) is 4.79 Å². The summed E-state index contributed by atoms with van der Waals surface area (Å²) in [6, 6.07) is 8.99. The number of nitrogens with zero attached hydrogens (tertiary/aromatic N) is 1. The van der Waals surface area contributed by atoms with Crippen LogP contribution in [0, 0.1) is 27.7 Å². The van der Waals surface area contributed by atoms with E-state index >= 15 is 0 Å². The summed E-state index contributed by atoms with van der Waals surface area (Å²) in [6.07, 6.45) is 0. The average molecular weight is 407 g/mol. The van der Waals surface area contributed by atoms with E-state index in [0.717, 1.165) is 32.7 Å². The van der Waals surface area contributed by atoms with E-state index in [-0.39, 0.29) is 12.3 Å². The number of hydrogen-bond acceptors (Lipinski definition) is 3. The fourth-order valence-electron chi connectivity index (χ4n) is 3.97. The Morgan fingerprint density at radius 2 is 1.60 bits per heavy atom.